The summed E-state index contributed by atoms with van der Waals surface area (Å²) >= 11 is 9.49. The predicted molar refractivity (Wildman–Crippen MR) is 116 cm³/mol. The van der Waals surface area contributed by atoms with Crippen LogP contribution >= 0.6 is 27.5 Å². The van der Waals surface area contributed by atoms with Crippen molar-refractivity contribution in [3.63, 3.8) is 0 Å². The summed E-state index contributed by atoms with van der Waals surface area (Å²) in [6.07, 6.45) is 0. The van der Waals surface area contributed by atoms with Crippen molar-refractivity contribution in [2.45, 2.75) is 5.92 Å². The fourth-order valence-electron chi connectivity index (χ4n) is 3.29. The van der Waals surface area contributed by atoms with Gasteiger partial charge in [0.1, 0.15) is 23.1 Å². The van der Waals surface area contributed by atoms with Crippen molar-refractivity contribution in [2.24, 2.45) is 5.73 Å². The summed E-state index contributed by atoms with van der Waals surface area (Å²) < 4.78 is 12.1. The van der Waals surface area contributed by atoms with Crippen molar-refractivity contribution >= 4 is 33.5 Å². The highest BCUT2D eigenvalue weighted by molar-refractivity contribution is 9.10. The average Bonchev–Trinajstić information content (AvgIpc) is 2.73. The van der Waals surface area contributed by atoms with Gasteiger partial charge in [0.15, 0.2) is 0 Å². The molecule has 0 spiro atoms. The molecule has 3 aromatic carbocycles. The number of esters is 1. The van der Waals surface area contributed by atoms with Crippen LogP contribution in [0.3, 0.4) is 0 Å². The van der Waals surface area contributed by atoms with Crippen molar-refractivity contribution < 1.29 is 14.3 Å². The molecule has 148 valence electrons. The lowest BCUT2D eigenvalue weighted by Crippen LogP contribution is -2.21. The molecule has 0 radical (unpaired) electrons. The van der Waals surface area contributed by atoms with Gasteiger partial charge in [-0.2, -0.15) is 5.26 Å². The Morgan fingerprint density at radius 2 is 1.87 bits per heavy atom. The van der Waals surface area contributed by atoms with Gasteiger partial charge in [-0.25, -0.2) is 4.79 Å². The van der Waals surface area contributed by atoms with Crippen LogP contribution in [-0.4, -0.2) is 5.97 Å². The largest absolute Gasteiger partial charge is 0.440 e. The van der Waals surface area contributed by atoms with Crippen LogP contribution in [0, 0.1) is 11.3 Å². The van der Waals surface area contributed by atoms with Gasteiger partial charge in [0.25, 0.3) is 0 Å². The van der Waals surface area contributed by atoms with Gasteiger partial charge in [-0.15, -0.1) is 0 Å². The van der Waals surface area contributed by atoms with Gasteiger partial charge in [0.2, 0.25) is 5.88 Å². The standard InChI is InChI=1S/C23H14BrClN2O3/c24-14-7-5-13(6-8-14)21-17-10-9-15(11-20(17)30-22(27)18(21)12-26)29-23(28)16-3-1-2-4-19(16)25/h1-11,21H,27H2. The Labute approximate surface area is 186 Å². The zero-order valence-corrected chi connectivity index (χ0v) is 17.8. The summed E-state index contributed by atoms with van der Waals surface area (Å²) in [5, 5.41) is 9.94. The van der Waals surface area contributed by atoms with Gasteiger partial charge in [-0.3, -0.25) is 0 Å². The number of nitriles is 1. The highest BCUT2D eigenvalue weighted by atomic mass is 79.9. The zero-order chi connectivity index (χ0) is 21.3. The van der Waals surface area contributed by atoms with E-state index in [1.807, 2.05) is 24.3 Å². The molecule has 0 bridgehead atoms. The van der Waals surface area contributed by atoms with E-state index in [-0.39, 0.29) is 23.1 Å². The number of fused-ring (bicyclic) bond motifs is 1. The van der Waals surface area contributed by atoms with Crippen LogP contribution in [0.4, 0.5) is 0 Å². The van der Waals surface area contributed by atoms with E-state index in [4.69, 9.17) is 26.8 Å². The molecule has 1 heterocycles. The topological polar surface area (TPSA) is 85.3 Å². The highest BCUT2D eigenvalue weighted by Gasteiger charge is 2.31. The lowest BCUT2D eigenvalue weighted by atomic mass is 9.83. The molecule has 0 aliphatic carbocycles. The van der Waals surface area contributed by atoms with Gasteiger partial charge in [0, 0.05) is 16.1 Å². The molecule has 5 nitrogen and oxygen atoms in total. The van der Waals surface area contributed by atoms with Crippen LogP contribution in [0.15, 0.2) is 82.7 Å². The fourth-order valence-corrected chi connectivity index (χ4v) is 3.76. The number of halogens is 2. The molecule has 1 aliphatic heterocycles. The zero-order valence-electron chi connectivity index (χ0n) is 15.4. The summed E-state index contributed by atoms with van der Waals surface area (Å²) in [7, 11) is 0. The molecule has 7 heteroatoms. The number of hydrogen-bond acceptors (Lipinski definition) is 5. The average molecular weight is 482 g/mol. The number of rotatable bonds is 3. The first-order chi connectivity index (χ1) is 14.5. The number of benzene rings is 3. The second-order valence-corrected chi connectivity index (χ2v) is 7.87. The van der Waals surface area contributed by atoms with Crippen LogP contribution in [0.25, 0.3) is 0 Å². The number of hydrogen-bond donors (Lipinski definition) is 1. The highest BCUT2D eigenvalue weighted by Crippen LogP contribution is 2.43. The SMILES string of the molecule is N#CC1=C(N)Oc2cc(OC(=O)c3ccccc3Cl)ccc2C1c1ccc(Br)cc1. The van der Waals surface area contributed by atoms with E-state index in [1.54, 1.807) is 42.5 Å². The Morgan fingerprint density at radius 1 is 1.13 bits per heavy atom. The minimum absolute atomic E-state index is 0.0208. The molecule has 1 aliphatic rings. The summed E-state index contributed by atoms with van der Waals surface area (Å²) in [6, 6.07) is 21.4. The summed E-state index contributed by atoms with van der Waals surface area (Å²) in [5.41, 5.74) is 8.25. The van der Waals surface area contributed by atoms with Crippen molar-refractivity contribution in [2.75, 3.05) is 0 Å². The van der Waals surface area contributed by atoms with Gasteiger partial charge in [-0.05, 0) is 35.9 Å². The smallest absolute Gasteiger partial charge is 0.345 e. The van der Waals surface area contributed by atoms with E-state index in [0.717, 1.165) is 15.6 Å². The van der Waals surface area contributed by atoms with Crippen molar-refractivity contribution in [1.29, 1.82) is 5.26 Å². The van der Waals surface area contributed by atoms with Crippen LogP contribution in [0.1, 0.15) is 27.4 Å². The number of carbonyl (C=O) groups excluding carboxylic acids is 1. The number of allylic oxidation sites excluding steroid dienone is 1. The van der Waals surface area contributed by atoms with Gasteiger partial charge < -0.3 is 15.2 Å². The molecule has 3 aromatic rings. The van der Waals surface area contributed by atoms with Gasteiger partial charge >= 0.3 is 5.97 Å². The molecule has 0 saturated heterocycles. The van der Waals surface area contributed by atoms with Crippen LogP contribution < -0.4 is 15.2 Å². The first-order valence-corrected chi connectivity index (χ1v) is 10.1. The normalized spacial score (nSPS) is 15.0. The van der Waals surface area contributed by atoms with Crippen molar-refractivity contribution in [1.82, 2.24) is 0 Å². The number of carbonyl (C=O) groups is 1. The molecule has 1 unspecified atom stereocenters. The summed E-state index contributed by atoms with van der Waals surface area (Å²) in [5.74, 6) is -0.250. The van der Waals surface area contributed by atoms with E-state index in [1.165, 1.54) is 0 Å². The molecular formula is C23H14BrClN2O3. The monoisotopic (exact) mass is 480 g/mol. The lowest BCUT2D eigenvalue weighted by Gasteiger charge is -2.26. The van der Waals surface area contributed by atoms with E-state index < -0.39 is 5.97 Å². The molecule has 2 N–H and O–H groups in total. The first kappa shape index (κ1) is 20.0. The second kappa shape index (κ2) is 8.23. The minimum Gasteiger partial charge on any atom is -0.440 e. The Hall–Kier alpha value is -3.27. The molecule has 0 fully saturated rings. The second-order valence-electron chi connectivity index (χ2n) is 6.55. The molecule has 0 saturated carbocycles. The summed E-state index contributed by atoms with van der Waals surface area (Å²) in [6.45, 7) is 0. The maximum Gasteiger partial charge on any atom is 0.345 e. The van der Waals surface area contributed by atoms with Gasteiger partial charge in [-0.1, -0.05) is 57.9 Å². The molecule has 30 heavy (non-hydrogen) atoms. The van der Waals surface area contributed by atoms with E-state index in [9.17, 15) is 10.1 Å². The molecule has 0 amide bonds. The van der Waals surface area contributed by atoms with E-state index in [2.05, 4.69) is 22.0 Å². The Balaban J connectivity index is 1.70. The van der Waals surface area contributed by atoms with E-state index >= 15 is 0 Å². The van der Waals surface area contributed by atoms with E-state index in [0.29, 0.717) is 16.3 Å². The van der Waals surface area contributed by atoms with Crippen LogP contribution in [0.2, 0.25) is 5.02 Å². The summed E-state index contributed by atoms with van der Waals surface area (Å²) in [4.78, 5) is 12.5. The predicted octanol–water partition coefficient (Wildman–Crippen LogP) is 5.54. The lowest BCUT2D eigenvalue weighted by molar-refractivity contribution is 0.0734. The molecule has 1 atom stereocenters. The Bertz CT molecular complexity index is 1220. The molecule has 4 rings (SSSR count). The van der Waals surface area contributed by atoms with Gasteiger partial charge in [0.05, 0.1) is 16.5 Å². The first-order valence-electron chi connectivity index (χ1n) is 8.91. The Morgan fingerprint density at radius 3 is 2.57 bits per heavy atom. The van der Waals surface area contributed by atoms with Crippen molar-refractivity contribution in [3.8, 4) is 17.6 Å². The number of nitrogens with zero attached hydrogens (tertiary/aromatic N) is 1. The third-order valence-electron chi connectivity index (χ3n) is 4.70. The third-order valence-corrected chi connectivity index (χ3v) is 5.56. The number of ether oxygens (including phenoxy) is 2. The number of nitrogens with two attached hydrogens (primary N) is 1. The van der Waals surface area contributed by atoms with Crippen LogP contribution in [0.5, 0.6) is 11.5 Å². The third kappa shape index (κ3) is 3.78. The fraction of sp³-hybridized carbons (Fsp3) is 0.0435. The maximum absolute atomic E-state index is 12.5. The molecule has 0 aromatic heterocycles. The molecular weight excluding hydrogens is 468 g/mol. The van der Waals surface area contributed by atoms with Crippen molar-refractivity contribution in [3.05, 3.63) is 104 Å². The maximum atomic E-state index is 12.5. The minimum atomic E-state index is -0.581. The quantitative estimate of drug-likeness (QED) is 0.392. The van der Waals surface area contributed by atoms with Crippen LogP contribution in [-0.2, 0) is 0 Å². The Kier molecular flexibility index (Phi) is 5.49.